The smallest absolute Gasteiger partial charge is 0.315 e. The first kappa shape index (κ1) is 17.9. The first-order valence-electron chi connectivity index (χ1n) is 7.96. The Balaban J connectivity index is 2.50. The number of hydrogen-bond donors (Lipinski definition) is 0. The number of ketones is 1. The number of likely N-dealkylation sites (tertiary alicyclic amines) is 1. The number of rotatable bonds is 6. The Bertz CT molecular complexity index is 669. The van der Waals surface area contributed by atoms with E-state index in [0.717, 1.165) is 6.54 Å². The maximum absolute atomic E-state index is 12.1. The molecule has 0 spiro atoms. The molecule has 7 nitrogen and oxygen atoms in total. The summed E-state index contributed by atoms with van der Waals surface area (Å²) in [5.41, 5.74) is 1.04. The van der Waals surface area contributed by atoms with Crippen LogP contribution in [0.25, 0.3) is 6.08 Å². The van der Waals surface area contributed by atoms with Gasteiger partial charge in [-0.15, -0.1) is 0 Å². The number of hydrogen-bond acceptors (Lipinski definition) is 6. The molecule has 1 aromatic rings. The summed E-state index contributed by atoms with van der Waals surface area (Å²) in [5.74, 6) is 0.512. The molecule has 0 bridgehead atoms. The van der Waals surface area contributed by atoms with Gasteiger partial charge in [-0.05, 0) is 38.6 Å². The molecule has 7 heteroatoms. The number of ether oxygens (including phenoxy) is 2. The van der Waals surface area contributed by atoms with Crippen LogP contribution in [0.5, 0.6) is 11.5 Å². The van der Waals surface area contributed by atoms with Gasteiger partial charge in [0.15, 0.2) is 11.5 Å². The maximum atomic E-state index is 12.1. The van der Waals surface area contributed by atoms with E-state index >= 15 is 0 Å². The van der Waals surface area contributed by atoms with Crippen LogP contribution < -0.4 is 9.47 Å². The second-order valence-electron chi connectivity index (χ2n) is 5.57. The molecule has 1 aromatic carbocycles. The van der Waals surface area contributed by atoms with Crippen LogP contribution in [0.15, 0.2) is 17.7 Å². The molecule has 2 rings (SSSR count). The highest BCUT2D eigenvalue weighted by Crippen LogP contribution is 2.39. The van der Waals surface area contributed by atoms with Crippen molar-refractivity contribution < 1.29 is 19.2 Å². The molecule has 0 unspecified atom stereocenters. The number of benzene rings is 1. The van der Waals surface area contributed by atoms with Crippen LogP contribution in [0, 0.1) is 10.1 Å². The Hall–Kier alpha value is -2.41. The van der Waals surface area contributed by atoms with Crippen LogP contribution >= 0.6 is 0 Å². The third kappa shape index (κ3) is 4.11. The fourth-order valence-electron chi connectivity index (χ4n) is 2.62. The fourth-order valence-corrected chi connectivity index (χ4v) is 2.62. The zero-order chi connectivity index (χ0) is 17.7. The van der Waals surface area contributed by atoms with Crippen molar-refractivity contribution in [3.05, 3.63) is 33.4 Å². The van der Waals surface area contributed by atoms with E-state index in [0.29, 0.717) is 43.1 Å². The van der Waals surface area contributed by atoms with Gasteiger partial charge in [0.1, 0.15) is 0 Å². The van der Waals surface area contributed by atoms with Gasteiger partial charge in [0.2, 0.25) is 5.75 Å². The minimum absolute atomic E-state index is 0.0718. The summed E-state index contributed by atoms with van der Waals surface area (Å²) in [6.45, 7) is 5.47. The van der Waals surface area contributed by atoms with Gasteiger partial charge in [0.05, 0.1) is 18.1 Å². The Labute approximate surface area is 141 Å². The molecule has 1 aliphatic rings. The van der Waals surface area contributed by atoms with Crippen molar-refractivity contribution >= 4 is 17.5 Å². The van der Waals surface area contributed by atoms with E-state index in [-0.39, 0.29) is 17.2 Å². The summed E-state index contributed by atoms with van der Waals surface area (Å²) in [6, 6.07) is 3.10. The number of likely N-dealkylation sites (N-methyl/N-ethyl adjacent to an activating group) is 1. The van der Waals surface area contributed by atoms with E-state index in [1.807, 2.05) is 11.9 Å². The molecule has 1 saturated heterocycles. The van der Waals surface area contributed by atoms with E-state index < -0.39 is 4.92 Å². The normalized spacial score (nSPS) is 17.1. The Morgan fingerprint density at radius 1 is 1.29 bits per heavy atom. The zero-order valence-corrected chi connectivity index (χ0v) is 14.2. The molecule has 0 atom stereocenters. The third-order valence-corrected chi connectivity index (χ3v) is 3.70. The SMILES string of the molecule is CCOc1cc(/C=C2\CN(C)CCC2=O)cc([N+](=O)[O-])c1OCC. The number of nitro benzene ring substituents is 1. The Morgan fingerprint density at radius 3 is 2.62 bits per heavy atom. The van der Waals surface area contributed by atoms with Crippen molar-refractivity contribution in [2.45, 2.75) is 20.3 Å². The molecule has 0 aliphatic carbocycles. The lowest BCUT2D eigenvalue weighted by molar-refractivity contribution is -0.386. The molecule has 0 radical (unpaired) electrons. The Morgan fingerprint density at radius 2 is 2.00 bits per heavy atom. The molecule has 0 N–H and O–H groups in total. The molecular formula is C17H22N2O5. The minimum atomic E-state index is -0.496. The van der Waals surface area contributed by atoms with E-state index in [2.05, 4.69) is 0 Å². The van der Waals surface area contributed by atoms with Gasteiger partial charge in [-0.25, -0.2) is 0 Å². The number of nitrogens with zero attached hydrogens (tertiary/aromatic N) is 2. The number of piperidine rings is 1. The average Bonchev–Trinajstić information content (AvgIpc) is 2.53. The molecule has 1 fully saturated rings. The summed E-state index contributed by atoms with van der Waals surface area (Å²) < 4.78 is 10.9. The van der Waals surface area contributed by atoms with Crippen LogP contribution in [0.3, 0.4) is 0 Å². The van der Waals surface area contributed by atoms with Crippen molar-refractivity contribution in [1.29, 1.82) is 0 Å². The van der Waals surface area contributed by atoms with Gasteiger partial charge in [0.25, 0.3) is 0 Å². The lowest BCUT2D eigenvalue weighted by atomic mass is 10.0. The lowest BCUT2D eigenvalue weighted by Gasteiger charge is -2.23. The number of carbonyl (C=O) groups is 1. The first-order valence-corrected chi connectivity index (χ1v) is 7.96. The molecule has 0 amide bonds. The number of Topliss-reactive ketones (excluding diaryl/α,β-unsaturated/α-hetero) is 1. The molecular weight excluding hydrogens is 312 g/mol. The van der Waals surface area contributed by atoms with Gasteiger partial charge in [0, 0.05) is 31.1 Å². The predicted octanol–water partition coefficient (Wildman–Crippen LogP) is 2.68. The van der Waals surface area contributed by atoms with E-state index in [9.17, 15) is 14.9 Å². The summed E-state index contributed by atoms with van der Waals surface area (Å²) in [7, 11) is 1.94. The molecule has 0 saturated carbocycles. The largest absolute Gasteiger partial charge is 0.490 e. The van der Waals surface area contributed by atoms with Crippen molar-refractivity contribution in [2.75, 3.05) is 33.4 Å². The third-order valence-electron chi connectivity index (χ3n) is 3.70. The highest BCUT2D eigenvalue weighted by molar-refractivity contribution is 6.00. The quantitative estimate of drug-likeness (QED) is 0.452. The second kappa shape index (κ2) is 7.92. The zero-order valence-electron chi connectivity index (χ0n) is 14.2. The van der Waals surface area contributed by atoms with E-state index in [1.54, 1.807) is 26.0 Å². The van der Waals surface area contributed by atoms with Crippen molar-refractivity contribution in [3.8, 4) is 11.5 Å². The molecule has 24 heavy (non-hydrogen) atoms. The van der Waals surface area contributed by atoms with Crippen LogP contribution in [0.4, 0.5) is 5.69 Å². The topological polar surface area (TPSA) is 81.9 Å². The van der Waals surface area contributed by atoms with Gasteiger partial charge in [-0.2, -0.15) is 0 Å². The van der Waals surface area contributed by atoms with Crippen molar-refractivity contribution in [1.82, 2.24) is 4.90 Å². The molecule has 0 aromatic heterocycles. The van der Waals surface area contributed by atoms with Gasteiger partial charge in [-0.1, -0.05) is 0 Å². The maximum Gasteiger partial charge on any atom is 0.315 e. The minimum Gasteiger partial charge on any atom is -0.490 e. The highest BCUT2D eigenvalue weighted by Gasteiger charge is 2.23. The standard InChI is InChI=1S/C17H22N2O5/c1-4-23-16-10-12(8-13-11-18(3)7-6-15(13)20)9-14(19(21)22)17(16)24-5-2/h8-10H,4-7,11H2,1-3H3/b13-8+. The number of carbonyl (C=O) groups excluding carboxylic acids is 1. The van der Waals surface area contributed by atoms with Crippen molar-refractivity contribution in [2.24, 2.45) is 0 Å². The monoisotopic (exact) mass is 334 g/mol. The molecule has 130 valence electrons. The lowest BCUT2D eigenvalue weighted by Crippen LogP contribution is -2.32. The highest BCUT2D eigenvalue weighted by atomic mass is 16.6. The second-order valence-corrected chi connectivity index (χ2v) is 5.57. The van der Waals surface area contributed by atoms with Crippen molar-refractivity contribution in [3.63, 3.8) is 0 Å². The van der Waals surface area contributed by atoms with Gasteiger partial charge >= 0.3 is 5.69 Å². The molecule has 1 heterocycles. The Kier molecular flexibility index (Phi) is 5.92. The summed E-state index contributed by atoms with van der Waals surface area (Å²) in [6.07, 6.45) is 2.16. The van der Waals surface area contributed by atoms with Crippen LogP contribution in [-0.2, 0) is 4.79 Å². The van der Waals surface area contributed by atoms with Crippen LogP contribution in [0.1, 0.15) is 25.8 Å². The van der Waals surface area contributed by atoms with Crippen LogP contribution in [0.2, 0.25) is 0 Å². The predicted molar refractivity (Wildman–Crippen MR) is 90.5 cm³/mol. The average molecular weight is 334 g/mol. The summed E-state index contributed by atoms with van der Waals surface area (Å²) in [5, 5.41) is 11.4. The summed E-state index contributed by atoms with van der Waals surface area (Å²) >= 11 is 0. The number of nitro groups is 1. The van der Waals surface area contributed by atoms with E-state index in [4.69, 9.17) is 9.47 Å². The summed E-state index contributed by atoms with van der Waals surface area (Å²) in [4.78, 5) is 25.0. The van der Waals surface area contributed by atoms with Crippen LogP contribution in [-0.4, -0.2) is 49.0 Å². The van der Waals surface area contributed by atoms with Gasteiger partial charge in [-0.3, -0.25) is 14.9 Å². The first-order chi connectivity index (χ1) is 11.5. The van der Waals surface area contributed by atoms with E-state index in [1.165, 1.54) is 6.07 Å². The molecule has 1 aliphatic heterocycles. The fraction of sp³-hybridized carbons (Fsp3) is 0.471. The van der Waals surface area contributed by atoms with Gasteiger partial charge < -0.3 is 14.4 Å².